The molecule has 4 heteroatoms. The van der Waals surface area contributed by atoms with E-state index in [1.54, 1.807) is 12.1 Å². The van der Waals surface area contributed by atoms with Gasteiger partial charge >= 0.3 is 0 Å². The molecule has 0 bridgehead atoms. The van der Waals surface area contributed by atoms with Crippen LogP contribution < -0.4 is 9.64 Å². The summed E-state index contributed by atoms with van der Waals surface area (Å²) in [7, 11) is 0. The maximum absolute atomic E-state index is 13.0. The van der Waals surface area contributed by atoms with Crippen molar-refractivity contribution in [3.8, 4) is 11.5 Å². The van der Waals surface area contributed by atoms with Crippen LogP contribution in [0.2, 0.25) is 0 Å². The Morgan fingerprint density at radius 3 is 2.63 bits per heavy atom. The van der Waals surface area contributed by atoms with Gasteiger partial charge in [0.1, 0.15) is 17.3 Å². The Kier molecular flexibility index (Phi) is 4.88. The lowest BCUT2D eigenvalue weighted by atomic mass is 10.1. The van der Waals surface area contributed by atoms with Crippen molar-refractivity contribution in [3.63, 3.8) is 0 Å². The molecular formula is C23H20FNO2. The first-order valence-electron chi connectivity index (χ1n) is 9.10. The van der Waals surface area contributed by atoms with Gasteiger partial charge in [-0.05, 0) is 66.4 Å². The molecule has 3 aromatic rings. The van der Waals surface area contributed by atoms with Crippen LogP contribution >= 0.6 is 0 Å². The number of nitrogens with zero attached hydrogens (tertiary/aromatic N) is 1. The molecule has 0 atom stereocenters. The molecular weight excluding hydrogens is 341 g/mol. The van der Waals surface area contributed by atoms with Crippen LogP contribution in [0.1, 0.15) is 17.5 Å². The number of anilines is 1. The monoisotopic (exact) mass is 361 g/mol. The molecule has 1 amide bonds. The number of rotatable bonds is 5. The molecule has 3 aromatic carbocycles. The Balaban J connectivity index is 1.39. The summed E-state index contributed by atoms with van der Waals surface area (Å²) in [6.07, 6.45) is 2.02. The van der Waals surface area contributed by atoms with Crippen molar-refractivity contribution in [2.75, 3.05) is 11.4 Å². The molecule has 0 aromatic heterocycles. The topological polar surface area (TPSA) is 29.5 Å². The number of benzene rings is 3. The summed E-state index contributed by atoms with van der Waals surface area (Å²) < 4.78 is 18.8. The lowest BCUT2D eigenvalue weighted by Crippen LogP contribution is -2.29. The maximum atomic E-state index is 13.0. The quantitative estimate of drug-likeness (QED) is 0.630. The number of hydrogen-bond donors (Lipinski definition) is 0. The standard InChI is InChI=1S/C23H20FNO2/c24-19-9-11-20(12-10-19)27-21-6-3-4-17(16-21)8-13-23(26)25-15-14-18-5-1-2-7-22(18)25/h1-7,9-12,16H,8,13-15H2. The molecule has 0 saturated heterocycles. The van der Waals surface area contributed by atoms with Gasteiger partial charge in [-0.15, -0.1) is 0 Å². The van der Waals surface area contributed by atoms with Crippen LogP contribution in [0, 0.1) is 5.82 Å². The molecule has 0 aliphatic carbocycles. The van der Waals surface area contributed by atoms with Gasteiger partial charge in [-0.3, -0.25) is 4.79 Å². The van der Waals surface area contributed by atoms with Crippen LogP contribution in [0.5, 0.6) is 11.5 Å². The van der Waals surface area contributed by atoms with Crippen molar-refractivity contribution < 1.29 is 13.9 Å². The van der Waals surface area contributed by atoms with Crippen molar-refractivity contribution in [2.24, 2.45) is 0 Å². The van der Waals surface area contributed by atoms with E-state index in [9.17, 15) is 9.18 Å². The minimum Gasteiger partial charge on any atom is -0.457 e. The zero-order chi connectivity index (χ0) is 18.6. The maximum Gasteiger partial charge on any atom is 0.227 e. The lowest BCUT2D eigenvalue weighted by Gasteiger charge is -2.17. The molecule has 1 aliphatic heterocycles. The smallest absolute Gasteiger partial charge is 0.227 e. The van der Waals surface area contributed by atoms with Crippen LogP contribution in [-0.4, -0.2) is 12.5 Å². The molecule has 3 nitrogen and oxygen atoms in total. The summed E-state index contributed by atoms with van der Waals surface area (Å²) in [5.74, 6) is 1.11. The number of carbonyl (C=O) groups is 1. The van der Waals surface area contributed by atoms with E-state index in [0.29, 0.717) is 24.3 Å². The summed E-state index contributed by atoms with van der Waals surface area (Å²) in [5, 5.41) is 0. The van der Waals surface area contributed by atoms with Crippen molar-refractivity contribution in [1.82, 2.24) is 0 Å². The van der Waals surface area contributed by atoms with Crippen LogP contribution in [0.3, 0.4) is 0 Å². The second kappa shape index (κ2) is 7.62. The summed E-state index contributed by atoms with van der Waals surface area (Å²) in [6.45, 7) is 0.756. The van der Waals surface area contributed by atoms with Crippen LogP contribution in [-0.2, 0) is 17.6 Å². The third-order valence-electron chi connectivity index (χ3n) is 4.76. The SMILES string of the molecule is O=C(CCc1cccc(Oc2ccc(F)cc2)c1)N1CCc2ccccc21. The minimum absolute atomic E-state index is 0.143. The molecule has 4 rings (SSSR count). The average Bonchev–Trinajstić information content (AvgIpc) is 3.13. The van der Waals surface area contributed by atoms with Gasteiger partial charge in [0.25, 0.3) is 0 Å². The Morgan fingerprint density at radius 1 is 0.963 bits per heavy atom. The fourth-order valence-corrected chi connectivity index (χ4v) is 3.39. The van der Waals surface area contributed by atoms with Crippen molar-refractivity contribution in [2.45, 2.75) is 19.3 Å². The number of aryl methyl sites for hydroxylation is 1. The molecule has 0 unspecified atom stereocenters. The highest BCUT2D eigenvalue weighted by Crippen LogP contribution is 2.28. The largest absolute Gasteiger partial charge is 0.457 e. The molecule has 1 heterocycles. The van der Waals surface area contributed by atoms with Crippen LogP contribution in [0.4, 0.5) is 10.1 Å². The third-order valence-corrected chi connectivity index (χ3v) is 4.76. The minimum atomic E-state index is -0.293. The van der Waals surface area contributed by atoms with E-state index in [1.807, 2.05) is 47.4 Å². The second-order valence-corrected chi connectivity index (χ2v) is 6.63. The predicted octanol–water partition coefficient (Wildman–Crippen LogP) is 5.14. The van der Waals surface area contributed by atoms with E-state index < -0.39 is 0 Å². The number of carbonyl (C=O) groups excluding carboxylic acids is 1. The van der Waals surface area contributed by atoms with Crippen LogP contribution in [0.15, 0.2) is 72.8 Å². The summed E-state index contributed by atoms with van der Waals surface area (Å²) in [6, 6.07) is 21.7. The third kappa shape index (κ3) is 4.00. The molecule has 0 saturated carbocycles. The Bertz CT molecular complexity index is 953. The fourth-order valence-electron chi connectivity index (χ4n) is 3.39. The Hall–Kier alpha value is -3.14. The van der Waals surface area contributed by atoms with Gasteiger partial charge in [-0.2, -0.15) is 0 Å². The Morgan fingerprint density at radius 2 is 1.78 bits per heavy atom. The number of halogens is 1. The first-order valence-corrected chi connectivity index (χ1v) is 9.10. The Labute approximate surface area is 158 Å². The summed E-state index contributed by atoms with van der Waals surface area (Å²) in [4.78, 5) is 14.5. The summed E-state index contributed by atoms with van der Waals surface area (Å²) >= 11 is 0. The zero-order valence-electron chi connectivity index (χ0n) is 14.9. The molecule has 0 N–H and O–H groups in total. The van der Waals surface area contributed by atoms with E-state index >= 15 is 0 Å². The number of amides is 1. The average molecular weight is 361 g/mol. The normalized spacial score (nSPS) is 12.7. The molecule has 0 radical (unpaired) electrons. The van der Waals surface area contributed by atoms with Gasteiger partial charge in [-0.1, -0.05) is 30.3 Å². The highest BCUT2D eigenvalue weighted by Gasteiger charge is 2.23. The van der Waals surface area contributed by atoms with Gasteiger partial charge < -0.3 is 9.64 Å². The highest BCUT2D eigenvalue weighted by molar-refractivity contribution is 5.95. The first kappa shape index (κ1) is 17.3. The zero-order valence-corrected chi connectivity index (χ0v) is 14.9. The van der Waals surface area contributed by atoms with E-state index in [4.69, 9.17) is 4.74 Å². The van der Waals surface area contributed by atoms with E-state index in [0.717, 1.165) is 24.2 Å². The van der Waals surface area contributed by atoms with Crippen molar-refractivity contribution in [1.29, 1.82) is 0 Å². The molecule has 136 valence electrons. The molecule has 1 aliphatic rings. The van der Waals surface area contributed by atoms with Crippen molar-refractivity contribution >= 4 is 11.6 Å². The van der Waals surface area contributed by atoms with Gasteiger partial charge in [0, 0.05) is 18.7 Å². The predicted molar refractivity (Wildman–Crippen MR) is 104 cm³/mol. The lowest BCUT2D eigenvalue weighted by molar-refractivity contribution is -0.118. The highest BCUT2D eigenvalue weighted by atomic mass is 19.1. The van der Waals surface area contributed by atoms with Gasteiger partial charge in [0.15, 0.2) is 0 Å². The van der Waals surface area contributed by atoms with Gasteiger partial charge in [-0.25, -0.2) is 4.39 Å². The summed E-state index contributed by atoms with van der Waals surface area (Å²) in [5.41, 5.74) is 3.31. The van der Waals surface area contributed by atoms with Gasteiger partial charge in [0.05, 0.1) is 0 Å². The molecule has 27 heavy (non-hydrogen) atoms. The van der Waals surface area contributed by atoms with Gasteiger partial charge in [0.2, 0.25) is 5.91 Å². The first-order chi connectivity index (χ1) is 13.2. The number of hydrogen-bond acceptors (Lipinski definition) is 2. The van der Waals surface area contributed by atoms with E-state index in [2.05, 4.69) is 6.07 Å². The number of ether oxygens (including phenoxy) is 1. The number of para-hydroxylation sites is 1. The number of fused-ring (bicyclic) bond motifs is 1. The second-order valence-electron chi connectivity index (χ2n) is 6.63. The van der Waals surface area contributed by atoms with E-state index in [1.165, 1.54) is 17.7 Å². The molecule has 0 spiro atoms. The van der Waals surface area contributed by atoms with E-state index in [-0.39, 0.29) is 11.7 Å². The molecule has 0 fully saturated rings. The van der Waals surface area contributed by atoms with Crippen molar-refractivity contribution in [3.05, 3.63) is 89.7 Å². The van der Waals surface area contributed by atoms with Crippen LogP contribution in [0.25, 0.3) is 0 Å². The fraction of sp³-hybridized carbons (Fsp3) is 0.174.